The number of carbonyl (C=O) groups is 2. The Balaban J connectivity index is 1.72. The summed E-state index contributed by atoms with van der Waals surface area (Å²) in [7, 11) is 0. The minimum absolute atomic E-state index is 0.0476. The molecule has 1 atom stereocenters. The number of alkyl carbamates (subject to hydrolysis) is 1. The topological polar surface area (TPSA) is 55.4 Å². The van der Waals surface area contributed by atoms with Crippen LogP contribution in [0.3, 0.4) is 0 Å². The van der Waals surface area contributed by atoms with Crippen LogP contribution in [0.15, 0.2) is 30.3 Å². The van der Waals surface area contributed by atoms with Crippen LogP contribution in [0.25, 0.3) is 0 Å². The Morgan fingerprint density at radius 3 is 2.60 bits per heavy atom. The number of hydrogen-bond acceptors (Lipinski definition) is 3. The summed E-state index contributed by atoms with van der Waals surface area (Å²) in [5.74, 6) is 0.706. The van der Waals surface area contributed by atoms with E-state index in [9.17, 15) is 9.59 Å². The third-order valence-electron chi connectivity index (χ3n) is 3.85. The van der Waals surface area contributed by atoms with Crippen LogP contribution in [0, 0.1) is 5.92 Å². The first-order valence-electron chi connectivity index (χ1n) is 7.14. The molecule has 0 saturated heterocycles. The van der Waals surface area contributed by atoms with Gasteiger partial charge in [0.25, 0.3) is 0 Å². The summed E-state index contributed by atoms with van der Waals surface area (Å²) >= 11 is 0. The smallest absolute Gasteiger partial charge is 0.407 e. The maximum atomic E-state index is 11.7. The van der Waals surface area contributed by atoms with Crippen LogP contribution < -0.4 is 5.32 Å². The number of rotatable bonds is 4. The van der Waals surface area contributed by atoms with Gasteiger partial charge < -0.3 is 10.1 Å². The first-order valence-corrected chi connectivity index (χ1v) is 7.14. The van der Waals surface area contributed by atoms with Crippen LogP contribution in [0.2, 0.25) is 0 Å². The molecule has 0 spiro atoms. The number of benzene rings is 1. The third kappa shape index (κ3) is 4.37. The highest BCUT2D eigenvalue weighted by molar-refractivity contribution is 5.79. The molecule has 0 heterocycles. The molecule has 1 aromatic carbocycles. The Morgan fingerprint density at radius 1 is 1.30 bits per heavy atom. The zero-order valence-electron chi connectivity index (χ0n) is 11.8. The highest BCUT2D eigenvalue weighted by atomic mass is 16.5. The van der Waals surface area contributed by atoms with Crippen LogP contribution in [-0.2, 0) is 16.1 Å². The molecule has 2 rings (SSSR count). The molecule has 20 heavy (non-hydrogen) atoms. The van der Waals surface area contributed by atoms with Crippen molar-refractivity contribution in [2.75, 3.05) is 0 Å². The summed E-state index contributed by atoms with van der Waals surface area (Å²) in [4.78, 5) is 22.9. The first-order chi connectivity index (χ1) is 9.65. The van der Waals surface area contributed by atoms with Gasteiger partial charge in [-0.25, -0.2) is 4.79 Å². The molecule has 0 aromatic heterocycles. The molecule has 4 heteroatoms. The number of nitrogens with one attached hydrogen (secondary N) is 1. The maximum Gasteiger partial charge on any atom is 0.407 e. The van der Waals surface area contributed by atoms with E-state index < -0.39 is 6.09 Å². The van der Waals surface area contributed by atoms with Gasteiger partial charge >= 0.3 is 6.09 Å². The lowest BCUT2D eigenvalue weighted by atomic mass is 9.84. The second-order valence-electron chi connectivity index (χ2n) is 5.37. The van der Waals surface area contributed by atoms with Crippen molar-refractivity contribution in [3.63, 3.8) is 0 Å². The highest BCUT2D eigenvalue weighted by Gasteiger charge is 2.24. The summed E-state index contributed by atoms with van der Waals surface area (Å²) in [6.45, 7) is 2.26. The van der Waals surface area contributed by atoms with Gasteiger partial charge in [0.1, 0.15) is 12.4 Å². The Labute approximate surface area is 119 Å². The van der Waals surface area contributed by atoms with Gasteiger partial charge in [0, 0.05) is 18.9 Å². The fraction of sp³-hybridized carbons (Fsp3) is 0.500. The van der Waals surface area contributed by atoms with E-state index in [1.54, 1.807) is 0 Å². The molecule has 1 unspecified atom stereocenters. The number of amides is 1. The Morgan fingerprint density at radius 2 is 1.95 bits per heavy atom. The molecule has 1 amide bonds. The standard InChI is InChI=1S/C16H21NO3/c1-12(14-7-9-15(18)10-8-14)17-16(19)20-11-13-5-3-2-4-6-13/h2-6,12,14H,7-11H2,1H3,(H,17,19). The number of ether oxygens (including phenoxy) is 1. The first kappa shape index (κ1) is 14.6. The Kier molecular flexibility index (Phi) is 5.16. The molecule has 0 radical (unpaired) electrons. The fourth-order valence-electron chi connectivity index (χ4n) is 2.53. The molecule has 4 nitrogen and oxygen atoms in total. The number of carbonyl (C=O) groups excluding carboxylic acids is 2. The van der Waals surface area contributed by atoms with Gasteiger partial charge in [0.15, 0.2) is 0 Å². The van der Waals surface area contributed by atoms with Gasteiger partial charge in [-0.05, 0) is 31.2 Å². The summed E-state index contributed by atoms with van der Waals surface area (Å²) in [6.07, 6.45) is 2.60. The van der Waals surface area contributed by atoms with Crippen molar-refractivity contribution in [3.05, 3.63) is 35.9 Å². The van der Waals surface area contributed by atoms with Crippen LogP contribution in [0.1, 0.15) is 38.2 Å². The molecule has 0 bridgehead atoms. The van der Waals surface area contributed by atoms with Crippen molar-refractivity contribution in [1.29, 1.82) is 0 Å². The average Bonchev–Trinajstić information content (AvgIpc) is 2.47. The minimum Gasteiger partial charge on any atom is -0.445 e. The molecule has 1 aliphatic rings. The van der Waals surface area contributed by atoms with Crippen LogP contribution in [0.5, 0.6) is 0 Å². The minimum atomic E-state index is -0.391. The van der Waals surface area contributed by atoms with Gasteiger partial charge in [-0.15, -0.1) is 0 Å². The molecule has 1 aromatic rings. The molecule has 0 aliphatic heterocycles. The lowest BCUT2D eigenvalue weighted by Crippen LogP contribution is -2.39. The average molecular weight is 275 g/mol. The van der Waals surface area contributed by atoms with Gasteiger partial charge in [-0.1, -0.05) is 30.3 Å². The summed E-state index contributed by atoms with van der Waals surface area (Å²) in [5.41, 5.74) is 0.971. The SMILES string of the molecule is CC(NC(=O)OCc1ccccc1)C1CCC(=O)CC1. The van der Waals surface area contributed by atoms with Gasteiger partial charge in [0.05, 0.1) is 0 Å². The van der Waals surface area contributed by atoms with E-state index in [-0.39, 0.29) is 12.6 Å². The van der Waals surface area contributed by atoms with Crippen molar-refractivity contribution in [3.8, 4) is 0 Å². The zero-order valence-corrected chi connectivity index (χ0v) is 11.8. The number of ketones is 1. The van der Waals surface area contributed by atoms with E-state index in [1.807, 2.05) is 37.3 Å². The molecule has 1 aliphatic carbocycles. The van der Waals surface area contributed by atoms with Gasteiger partial charge in [0.2, 0.25) is 0 Å². The summed E-state index contributed by atoms with van der Waals surface area (Å²) in [6, 6.07) is 9.64. The number of Topliss-reactive ketones (excluding diaryl/α,β-unsaturated/α-hetero) is 1. The van der Waals surface area contributed by atoms with E-state index in [4.69, 9.17) is 4.74 Å². The molecule has 1 saturated carbocycles. The predicted molar refractivity (Wildman–Crippen MR) is 76.2 cm³/mol. The summed E-state index contributed by atoms with van der Waals surface area (Å²) < 4.78 is 5.19. The molecule has 108 valence electrons. The van der Waals surface area contributed by atoms with Gasteiger partial charge in [-0.2, -0.15) is 0 Å². The Bertz CT molecular complexity index is 448. The van der Waals surface area contributed by atoms with Crippen molar-refractivity contribution in [1.82, 2.24) is 5.32 Å². The van der Waals surface area contributed by atoms with Crippen molar-refractivity contribution in [2.45, 2.75) is 45.3 Å². The van der Waals surface area contributed by atoms with Crippen LogP contribution in [-0.4, -0.2) is 17.9 Å². The quantitative estimate of drug-likeness (QED) is 0.918. The van der Waals surface area contributed by atoms with E-state index >= 15 is 0 Å². The number of hydrogen-bond donors (Lipinski definition) is 1. The largest absolute Gasteiger partial charge is 0.445 e. The van der Waals surface area contributed by atoms with Crippen LogP contribution >= 0.6 is 0 Å². The monoisotopic (exact) mass is 275 g/mol. The van der Waals surface area contributed by atoms with E-state index in [1.165, 1.54) is 0 Å². The second-order valence-corrected chi connectivity index (χ2v) is 5.37. The van der Waals surface area contributed by atoms with Crippen molar-refractivity contribution >= 4 is 11.9 Å². The summed E-state index contributed by atoms with van der Waals surface area (Å²) in [5, 5.41) is 2.86. The lowest BCUT2D eigenvalue weighted by molar-refractivity contribution is -0.121. The zero-order chi connectivity index (χ0) is 14.4. The van der Waals surface area contributed by atoms with Crippen molar-refractivity contribution in [2.24, 2.45) is 5.92 Å². The normalized spacial score (nSPS) is 17.6. The van der Waals surface area contributed by atoms with Crippen molar-refractivity contribution < 1.29 is 14.3 Å². The van der Waals surface area contributed by atoms with E-state index in [0.717, 1.165) is 18.4 Å². The highest BCUT2D eigenvalue weighted by Crippen LogP contribution is 2.24. The van der Waals surface area contributed by atoms with E-state index in [0.29, 0.717) is 24.5 Å². The second kappa shape index (κ2) is 7.08. The van der Waals surface area contributed by atoms with E-state index in [2.05, 4.69) is 5.32 Å². The third-order valence-corrected chi connectivity index (χ3v) is 3.85. The predicted octanol–water partition coefficient (Wildman–Crippen LogP) is 3.06. The molecular formula is C16H21NO3. The molecule has 1 N–H and O–H groups in total. The lowest BCUT2D eigenvalue weighted by Gasteiger charge is -2.27. The van der Waals surface area contributed by atoms with Crippen LogP contribution in [0.4, 0.5) is 4.79 Å². The maximum absolute atomic E-state index is 11.7. The molecule has 1 fully saturated rings. The molecular weight excluding hydrogens is 254 g/mol. The van der Waals surface area contributed by atoms with Gasteiger partial charge in [-0.3, -0.25) is 4.79 Å². The fourth-order valence-corrected chi connectivity index (χ4v) is 2.53. The Hall–Kier alpha value is -1.84.